The van der Waals surface area contributed by atoms with Crippen LogP contribution in [-0.2, 0) is 14.4 Å². The van der Waals surface area contributed by atoms with Crippen molar-refractivity contribution in [1.82, 2.24) is 4.90 Å². The highest BCUT2D eigenvalue weighted by Crippen LogP contribution is 2.31. The molecule has 1 N–H and O–H groups in total. The second-order valence-corrected chi connectivity index (χ2v) is 6.02. The smallest absolute Gasteiger partial charge is 0.303 e. The Labute approximate surface area is 139 Å². The molecule has 1 aromatic carbocycles. The normalized spacial score (nSPS) is 17.4. The standard InChI is InChI=1S/C16H19ClN2O4/c1-18(8-4-7-15(21)22)16(23)11-9-14(20)19(10-11)13-6-3-2-5-12(13)17/h2-3,5-6,11H,4,7-10H2,1H3,(H,21,22). The summed E-state index contributed by atoms with van der Waals surface area (Å²) in [7, 11) is 1.63. The monoisotopic (exact) mass is 338 g/mol. The van der Waals surface area contributed by atoms with Crippen molar-refractivity contribution >= 4 is 35.1 Å². The summed E-state index contributed by atoms with van der Waals surface area (Å²) in [6, 6.07) is 7.04. The van der Waals surface area contributed by atoms with Crippen molar-refractivity contribution in [3.05, 3.63) is 29.3 Å². The predicted molar refractivity (Wildman–Crippen MR) is 86.4 cm³/mol. The summed E-state index contributed by atoms with van der Waals surface area (Å²) in [5, 5.41) is 9.11. The fourth-order valence-electron chi connectivity index (χ4n) is 2.67. The van der Waals surface area contributed by atoms with Crippen LogP contribution < -0.4 is 4.90 Å². The third-order valence-electron chi connectivity index (χ3n) is 3.88. The molecule has 1 atom stereocenters. The third-order valence-corrected chi connectivity index (χ3v) is 4.20. The predicted octanol–water partition coefficient (Wildman–Crippen LogP) is 2.02. The fraction of sp³-hybridized carbons (Fsp3) is 0.438. The molecule has 1 saturated heterocycles. The summed E-state index contributed by atoms with van der Waals surface area (Å²) in [6.07, 6.45) is 0.562. The quantitative estimate of drug-likeness (QED) is 0.860. The molecule has 1 aliphatic rings. The Morgan fingerprint density at radius 1 is 1.39 bits per heavy atom. The van der Waals surface area contributed by atoms with Crippen LogP contribution in [0.15, 0.2) is 24.3 Å². The van der Waals surface area contributed by atoms with Crippen LogP contribution in [0.5, 0.6) is 0 Å². The Kier molecular flexibility index (Phi) is 5.60. The number of hydrogen-bond donors (Lipinski definition) is 1. The number of carboxylic acid groups (broad SMARTS) is 1. The van der Waals surface area contributed by atoms with Crippen molar-refractivity contribution in [2.45, 2.75) is 19.3 Å². The minimum atomic E-state index is -0.883. The van der Waals surface area contributed by atoms with Gasteiger partial charge in [-0.2, -0.15) is 0 Å². The lowest BCUT2D eigenvalue weighted by Crippen LogP contribution is -2.35. The molecule has 124 valence electrons. The van der Waals surface area contributed by atoms with Gasteiger partial charge in [-0.05, 0) is 18.6 Å². The van der Waals surface area contributed by atoms with E-state index in [2.05, 4.69) is 0 Å². The van der Waals surface area contributed by atoms with Crippen molar-refractivity contribution < 1.29 is 19.5 Å². The molecule has 0 aliphatic carbocycles. The van der Waals surface area contributed by atoms with E-state index in [9.17, 15) is 14.4 Å². The molecule has 0 aromatic heterocycles. The highest BCUT2D eigenvalue weighted by molar-refractivity contribution is 6.33. The van der Waals surface area contributed by atoms with E-state index in [0.717, 1.165) is 0 Å². The van der Waals surface area contributed by atoms with E-state index in [1.165, 1.54) is 9.80 Å². The van der Waals surface area contributed by atoms with Gasteiger partial charge in [0.25, 0.3) is 0 Å². The van der Waals surface area contributed by atoms with E-state index in [0.29, 0.717) is 30.2 Å². The van der Waals surface area contributed by atoms with Crippen LogP contribution in [0.3, 0.4) is 0 Å². The molecule has 1 unspecified atom stereocenters. The molecule has 1 aliphatic heterocycles. The number of amides is 2. The topological polar surface area (TPSA) is 77.9 Å². The summed E-state index contributed by atoms with van der Waals surface area (Å²) < 4.78 is 0. The van der Waals surface area contributed by atoms with Gasteiger partial charge in [0.1, 0.15) is 0 Å². The van der Waals surface area contributed by atoms with Gasteiger partial charge in [-0.1, -0.05) is 23.7 Å². The lowest BCUT2D eigenvalue weighted by Gasteiger charge is -2.21. The average Bonchev–Trinajstić information content (AvgIpc) is 2.88. The van der Waals surface area contributed by atoms with Crippen molar-refractivity contribution in [3.8, 4) is 0 Å². The molecule has 6 nitrogen and oxygen atoms in total. The van der Waals surface area contributed by atoms with Gasteiger partial charge in [-0.25, -0.2) is 0 Å². The van der Waals surface area contributed by atoms with Gasteiger partial charge in [0.2, 0.25) is 11.8 Å². The largest absolute Gasteiger partial charge is 0.481 e. The number of carboxylic acids is 1. The zero-order chi connectivity index (χ0) is 17.0. The van der Waals surface area contributed by atoms with Gasteiger partial charge in [0.15, 0.2) is 0 Å². The lowest BCUT2D eigenvalue weighted by molar-refractivity contribution is -0.138. The van der Waals surface area contributed by atoms with E-state index >= 15 is 0 Å². The van der Waals surface area contributed by atoms with Crippen LogP contribution in [0.4, 0.5) is 5.69 Å². The van der Waals surface area contributed by atoms with E-state index < -0.39 is 11.9 Å². The number of rotatable bonds is 6. The summed E-state index contributed by atoms with van der Waals surface area (Å²) in [4.78, 5) is 38.1. The number of para-hydroxylation sites is 1. The highest BCUT2D eigenvalue weighted by Gasteiger charge is 2.36. The summed E-state index contributed by atoms with van der Waals surface area (Å²) in [6.45, 7) is 0.659. The van der Waals surface area contributed by atoms with Crippen LogP contribution in [-0.4, -0.2) is 47.9 Å². The van der Waals surface area contributed by atoms with Crippen LogP contribution in [0.2, 0.25) is 5.02 Å². The second kappa shape index (κ2) is 7.46. The van der Waals surface area contributed by atoms with Crippen molar-refractivity contribution in [3.63, 3.8) is 0 Å². The number of anilines is 1. The van der Waals surface area contributed by atoms with Crippen LogP contribution in [0, 0.1) is 5.92 Å². The Bertz CT molecular complexity index is 620. The van der Waals surface area contributed by atoms with E-state index in [1.54, 1.807) is 31.3 Å². The maximum Gasteiger partial charge on any atom is 0.303 e. The summed E-state index contributed by atoms with van der Waals surface area (Å²) in [5.74, 6) is -1.57. The van der Waals surface area contributed by atoms with Gasteiger partial charge >= 0.3 is 5.97 Å². The molecule has 0 bridgehead atoms. The number of nitrogens with zero attached hydrogens (tertiary/aromatic N) is 2. The number of carbonyl (C=O) groups excluding carboxylic acids is 2. The number of aliphatic carboxylic acids is 1. The maximum atomic E-state index is 12.4. The summed E-state index contributed by atoms with van der Waals surface area (Å²) in [5.41, 5.74) is 0.614. The minimum absolute atomic E-state index is 0.0208. The molecule has 2 amide bonds. The molecule has 23 heavy (non-hydrogen) atoms. The van der Waals surface area contributed by atoms with E-state index in [4.69, 9.17) is 16.7 Å². The first-order valence-electron chi connectivity index (χ1n) is 7.42. The highest BCUT2D eigenvalue weighted by atomic mass is 35.5. The third kappa shape index (κ3) is 4.22. The Morgan fingerprint density at radius 3 is 2.74 bits per heavy atom. The first-order chi connectivity index (χ1) is 10.9. The van der Waals surface area contributed by atoms with Crippen molar-refractivity contribution in [2.75, 3.05) is 25.0 Å². The summed E-state index contributed by atoms with van der Waals surface area (Å²) >= 11 is 6.11. The van der Waals surface area contributed by atoms with Crippen molar-refractivity contribution in [2.24, 2.45) is 5.92 Å². The number of hydrogen-bond acceptors (Lipinski definition) is 3. The zero-order valence-corrected chi connectivity index (χ0v) is 13.6. The Morgan fingerprint density at radius 2 is 2.09 bits per heavy atom. The molecule has 2 rings (SSSR count). The van der Waals surface area contributed by atoms with Gasteiger partial charge in [-0.3, -0.25) is 14.4 Å². The second-order valence-electron chi connectivity index (χ2n) is 5.61. The van der Waals surface area contributed by atoms with E-state index in [1.807, 2.05) is 0 Å². The average molecular weight is 339 g/mol. The maximum absolute atomic E-state index is 12.4. The molecule has 0 spiro atoms. The number of carbonyl (C=O) groups is 3. The van der Waals surface area contributed by atoms with Crippen LogP contribution in [0.25, 0.3) is 0 Å². The first kappa shape index (κ1) is 17.3. The molecule has 0 radical (unpaired) electrons. The zero-order valence-electron chi connectivity index (χ0n) is 12.9. The van der Waals surface area contributed by atoms with Crippen LogP contribution in [0.1, 0.15) is 19.3 Å². The molecule has 1 aromatic rings. The lowest BCUT2D eigenvalue weighted by atomic mass is 10.1. The van der Waals surface area contributed by atoms with Gasteiger partial charge in [0, 0.05) is 33.0 Å². The molecule has 1 fully saturated rings. The van der Waals surface area contributed by atoms with Gasteiger partial charge < -0.3 is 14.9 Å². The molecular weight excluding hydrogens is 320 g/mol. The van der Waals surface area contributed by atoms with E-state index in [-0.39, 0.29) is 24.7 Å². The SMILES string of the molecule is CN(CCCC(=O)O)C(=O)C1CC(=O)N(c2ccccc2Cl)C1. The minimum Gasteiger partial charge on any atom is -0.481 e. The number of benzene rings is 1. The molecule has 1 heterocycles. The Hall–Kier alpha value is -2.08. The van der Waals surface area contributed by atoms with Crippen LogP contribution >= 0.6 is 11.6 Å². The fourth-order valence-corrected chi connectivity index (χ4v) is 2.90. The van der Waals surface area contributed by atoms with Gasteiger partial charge in [0.05, 0.1) is 16.6 Å². The molecular formula is C16H19ClN2O4. The number of halogens is 1. The molecule has 7 heteroatoms. The first-order valence-corrected chi connectivity index (χ1v) is 7.79. The molecule has 0 saturated carbocycles. The van der Waals surface area contributed by atoms with Gasteiger partial charge in [-0.15, -0.1) is 0 Å². The Balaban J connectivity index is 1.98. The van der Waals surface area contributed by atoms with Crippen molar-refractivity contribution in [1.29, 1.82) is 0 Å².